The molecule has 1 aliphatic carbocycles. The summed E-state index contributed by atoms with van der Waals surface area (Å²) in [5.74, 6) is 2.09. The van der Waals surface area contributed by atoms with Crippen LogP contribution in [0.3, 0.4) is 0 Å². The molecule has 1 saturated carbocycles. The summed E-state index contributed by atoms with van der Waals surface area (Å²) in [5, 5.41) is 1.71. The Labute approximate surface area is 216 Å². The Morgan fingerprint density at radius 1 is 1.14 bits per heavy atom. The predicted molar refractivity (Wildman–Crippen MR) is 145 cm³/mol. The van der Waals surface area contributed by atoms with Gasteiger partial charge < -0.3 is 9.47 Å². The molecule has 0 N–H and O–H groups in total. The minimum Gasteiger partial charge on any atom is -0.491 e. The largest absolute Gasteiger partial charge is 0.491 e. The standard InChI is InChI=1S/C28H36N2O3S2/c1-17(2)23-14-22-24(15-32-23)35-26-25(22)27(31)30(20-8-6-5-7-9-20)28(29-26)34-16-19-10-12-21(13-11-19)33-18(3)4/h10-13,17-18,20,23H,5-9,14-16H2,1-4H3. The first-order chi connectivity index (χ1) is 16.9. The molecule has 5 nitrogen and oxygen atoms in total. The van der Waals surface area contributed by atoms with E-state index in [1.807, 2.05) is 26.0 Å². The molecule has 0 saturated heterocycles. The molecule has 5 rings (SSSR count). The molecular weight excluding hydrogens is 476 g/mol. The third-order valence-electron chi connectivity index (χ3n) is 7.09. The zero-order valence-electron chi connectivity index (χ0n) is 21.2. The van der Waals surface area contributed by atoms with E-state index in [9.17, 15) is 4.79 Å². The lowest BCUT2D eigenvalue weighted by molar-refractivity contribution is 0.00200. The van der Waals surface area contributed by atoms with Crippen molar-refractivity contribution >= 4 is 33.3 Å². The van der Waals surface area contributed by atoms with Crippen molar-refractivity contribution in [1.29, 1.82) is 0 Å². The second-order valence-corrected chi connectivity index (χ2v) is 12.5. The van der Waals surface area contributed by atoms with Gasteiger partial charge in [0.05, 0.1) is 24.2 Å². The zero-order chi connectivity index (χ0) is 24.5. The molecule has 0 amide bonds. The van der Waals surface area contributed by atoms with E-state index in [1.165, 1.54) is 35.3 Å². The zero-order valence-corrected chi connectivity index (χ0v) is 22.8. The normalized spacial score (nSPS) is 19.0. The third kappa shape index (κ3) is 5.32. The van der Waals surface area contributed by atoms with Gasteiger partial charge in [0.25, 0.3) is 5.56 Å². The van der Waals surface area contributed by atoms with Gasteiger partial charge in [-0.05, 0) is 55.9 Å². The van der Waals surface area contributed by atoms with Crippen LogP contribution in [0.1, 0.15) is 81.8 Å². The smallest absolute Gasteiger partial charge is 0.263 e. The number of hydrogen-bond donors (Lipinski definition) is 0. The number of thioether (sulfide) groups is 1. The van der Waals surface area contributed by atoms with Gasteiger partial charge in [-0.3, -0.25) is 9.36 Å². The van der Waals surface area contributed by atoms with Gasteiger partial charge in [0, 0.05) is 23.1 Å². The van der Waals surface area contributed by atoms with Crippen LogP contribution in [-0.4, -0.2) is 21.8 Å². The first kappa shape index (κ1) is 24.8. The predicted octanol–water partition coefficient (Wildman–Crippen LogP) is 7.14. The summed E-state index contributed by atoms with van der Waals surface area (Å²) >= 11 is 3.33. The molecule has 1 aliphatic heterocycles. The van der Waals surface area contributed by atoms with Crippen LogP contribution in [0, 0.1) is 5.92 Å². The molecule has 0 bridgehead atoms. The highest BCUT2D eigenvalue weighted by Gasteiger charge is 2.30. The minimum absolute atomic E-state index is 0.159. The van der Waals surface area contributed by atoms with E-state index in [4.69, 9.17) is 14.5 Å². The van der Waals surface area contributed by atoms with Gasteiger partial charge >= 0.3 is 0 Å². The molecule has 1 unspecified atom stereocenters. The van der Waals surface area contributed by atoms with Gasteiger partial charge in [-0.15, -0.1) is 11.3 Å². The number of benzene rings is 1. The number of ether oxygens (including phenoxy) is 2. The van der Waals surface area contributed by atoms with Crippen molar-refractivity contribution in [3.05, 3.63) is 50.6 Å². The van der Waals surface area contributed by atoms with Crippen LogP contribution < -0.4 is 10.3 Å². The van der Waals surface area contributed by atoms with Crippen LogP contribution in [0.5, 0.6) is 5.75 Å². The number of nitrogens with zero attached hydrogens (tertiary/aromatic N) is 2. The Balaban J connectivity index is 1.49. The molecule has 188 valence electrons. The molecule has 35 heavy (non-hydrogen) atoms. The Bertz CT molecular complexity index is 1220. The molecule has 0 radical (unpaired) electrons. The highest BCUT2D eigenvalue weighted by molar-refractivity contribution is 7.98. The first-order valence-electron chi connectivity index (χ1n) is 13.0. The van der Waals surface area contributed by atoms with Crippen LogP contribution in [0.25, 0.3) is 10.2 Å². The van der Waals surface area contributed by atoms with E-state index in [0.29, 0.717) is 12.5 Å². The number of hydrogen-bond acceptors (Lipinski definition) is 6. The van der Waals surface area contributed by atoms with E-state index < -0.39 is 0 Å². The highest BCUT2D eigenvalue weighted by atomic mass is 32.2. The molecular formula is C28H36N2O3S2. The van der Waals surface area contributed by atoms with Crippen molar-refractivity contribution in [3.63, 3.8) is 0 Å². The molecule has 7 heteroatoms. The van der Waals surface area contributed by atoms with Gasteiger partial charge in [-0.25, -0.2) is 4.98 Å². The van der Waals surface area contributed by atoms with E-state index >= 15 is 0 Å². The lowest BCUT2D eigenvalue weighted by Crippen LogP contribution is -2.31. The summed E-state index contributed by atoms with van der Waals surface area (Å²) in [6.45, 7) is 9.05. The summed E-state index contributed by atoms with van der Waals surface area (Å²) in [5.41, 5.74) is 2.55. The van der Waals surface area contributed by atoms with Crippen molar-refractivity contribution in [3.8, 4) is 5.75 Å². The van der Waals surface area contributed by atoms with Crippen LogP contribution in [0.2, 0.25) is 0 Å². The molecule has 1 aromatic carbocycles. The SMILES string of the molecule is CC(C)Oc1ccc(CSc2nc3sc4c(c3c(=O)n2C2CCCCC2)CC(C(C)C)OC4)cc1. The number of aromatic nitrogens is 2. The van der Waals surface area contributed by atoms with Crippen LogP contribution in [0.4, 0.5) is 0 Å². The Morgan fingerprint density at radius 3 is 2.57 bits per heavy atom. The second kappa shape index (κ2) is 10.7. The fourth-order valence-corrected chi connectivity index (χ4v) is 7.38. The van der Waals surface area contributed by atoms with E-state index in [-0.39, 0.29) is 23.8 Å². The van der Waals surface area contributed by atoms with Crippen molar-refractivity contribution in [2.45, 2.75) is 102 Å². The van der Waals surface area contributed by atoms with E-state index in [2.05, 4.69) is 30.5 Å². The fourth-order valence-electron chi connectivity index (χ4n) is 5.20. The van der Waals surface area contributed by atoms with Crippen LogP contribution in [0.15, 0.2) is 34.2 Å². The van der Waals surface area contributed by atoms with Gasteiger partial charge in [0.15, 0.2) is 5.16 Å². The molecule has 1 fully saturated rings. The topological polar surface area (TPSA) is 53.3 Å². The van der Waals surface area contributed by atoms with Crippen molar-refractivity contribution in [2.24, 2.45) is 5.92 Å². The summed E-state index contributed by atoms with van der Waals surface area (Å²) in [6.07, 6.45) is 6.89. The average Bonchev–Trinajstić information content (AvgIpc) is 3.21. The van der Waals surface area contributed by atoms with Gasteiger partial charge in [0.1, 0.15) is 10.6 Å². The quantitative estimate of drug-likeness (QED) is 0.249. The Kier molecular flexibility index (Phi) is 7.56. The van der Waals surface area contributed by atoms with Gasteiger partial charge in [-0.1, -0.05) is 57.0 Å². The molecule has 0 spiro atoms. The maximum Gasteiger partial charge on any atom is 0.263 e. The summed E-state index contributed by atoms with van der Waals surface area (Å²) in [4.78, 5) is 21.3. The monoisotopic (exact) mass is 512 g/mol. The summed E-state index contributed by atoms with van der Waals surface area (Å²) in [6, 6.07) is 8.52. The van der Waals surface area contributed by atoms with Crippen LogP contribution in [-0.2, 0) is 23.5 Å². The first-order valence-corrected chi connectivity index (χ1v) is 14.8. The summed E-state index contributed by atoms with van der Waals surface area (Å²) in [7, 11) is 0. The highest BCUT2D eigenvalue weighted by Crippen LogP contribution is 2.38. The maximum absolute atomic E-state index is 14.1. The molecule has 2 aromatic heterocycles. The average molecular weight is 513 g/mol. The maximum atomic E-state index is 14.1. The van der Waals surface area contributed by atoms with Gasteiger partial charge in [-0.2, -0.15) is 0 Å². The van der Waals surface area contributed by atoms with Crippen molar-refractivity contribution in [1.82, 2.24) is 9.55 Å². The number of rotatable bonds is 7. The molecule has 1 atom stereocenters. The second-order valence-electron chi connectivity index (χ2n) is 10.4. The third-order valence-corrected chi connectivity index (χ3v) is 9.21. The number of thiophene rings is 1. The lowest BCUT2D eigenvalue weighted by Gasteiger charge is -2.27. The fraction of sp³-hybridized carbons (Fsp3) is 0.571. The van der Waals surface area contributed by atoms with Crippen molar-refractivity contribution in [2.75, 3.05) is 0 Å². The van der Waals surface area contributed by atoms with E-state index in [1.54, 1.807) is 23.1 Å². The minimum atomic E-state index is 0.159. The lowest BCUT2D eigenvalue weighted by atomic mass is 9.94. The van der Waals surface area contributed by atoms with E-state index in [0.717, 1.165) is 46.1 Å². The number of fused-ring (bicyclic) bond motifs is 3. The molecule has 3 aromatic rings. The summed E-state index contributed by atoms with van der Waals surface area (Å²) < 4.78 is 13.9. The van der Waals surface area contributed by atoms with Gasteiger partial charge in [0.2, 0.25) is 0 Å². The van der Waals surface area contributed by atoms with Crippen LogP contribution >= 0.6 is 23.1 Å². The molecule has 3 heterocycles. The Morgan fingerprint density at radius 2 is 1.89 bits per heavy atom. The van der Waals surface area contributed by atoms with Crippen molar-refractivity contribution < 1.29 is 9.47 Å². The molecule has 2 aliphatic rings. The Hall–Kier alpha value is -1.83.